The van der Waals surface area contributed by atoms with Crippen LogP contribution in [0.4, 0.5) is 0 Å². The Hall–Kier alpha value is -1.87. The number of hydrogen-bond donors (Lipinski definition) is 1. The third-order valence-electron chi connectivity index (χ3n) is 3.26. The molecule has 0 saturated heterocycles. The van der Waals surface area contributed by atoms with Crippen molar-refractivity contribution in [2.24, 2.45) is 5.73 Å². The van der Waals surface area contributed by atoms with E-state index < -0.39 is 0 Å². The first kappa shape index (κ1) is 10.3. The van der Waals surface area contributed by atoms with Crippen molar-refractivity contribution >= 4 is 17.6 Å². The Labute approximate surface area is 99.6 Å². The maximum absolute atomic E-state index is 11.5. The number of carbonyl (C=O) groups excluding carboxylic acids is 1. The molecule has 0 radical (unpaired) electrons. The molecule has 1 aliphatic heterocycles. The van der Waals surface area contributed by atoms with E-state index in [-0.39, 0.29) is 12.0 Å². The van der Waals surface area contributed by atoms with E-state index in [1.165, 1.54) is 0 Å². The van der Waals surface area contributed by atoms with Crippen LogP contribution in [0.1, 0.15) is 17.5 Å². The van der Waals surface area contributed by atoms with E-state index in [1.807, 2.05) is 36.4 Å². The number of benzene rings is 1. The Balaban J connectivity index is 2.25. The fraction of sp³-hybridized carbons (Fsp3) is 0.214. The van der Waals surface area contributed by atoms with Crippen molar-refractivity contribution in [3.8, 4) is 0 Å². The molecule has 2 aliphatic rings. The number of fused-ring (bicyclic) bond motifs is 3. The largest absolute Gasteiger partial charge is 0.369 e. The van der Waals surface area contributed by atoms with Crippen LogP contribution in [0.2, 0.25) is 0 Å². The van der Waals surface area contributed by atoms with Crippen molar-refractivity contribution in [2.45, 2.75) is 12.5 Å². The van der Waals surface area contributed by atoms with E-state index >= 15 is 0 Å². The molecule has 1 aromatic rings. The molecule has 1 heterocycles. The summed E-state index contributed by atoms with van der Waals surface area (Å²) in [5, 5.41) is 0. The first-order valence-electron chi connectivity index (χ1n) is 5.69. The lowest BCUT2D eigenvalue weighted by molar-refractivity contribution is -0.115. The minimum absolute atomic E-state index is 0.124. The SMILES string of the molecule is NC(=O)C1=C2c3ccccc3C=CC2OCC1. The maximum atomic E-state index is 11.5. The summed E-state index contributed by atoms with van der Waals surface area (Å²) in [6.45, 7) is 0.555. The second-order valence-electron chi connectivity index (χ2n) is 4.24. The highest BCUT2D eigenvalue weighted by Crippen LogP contribution is 2.36. The van der Waals surface area contributed by atoms with Gasteiger partial charge < -0.3 is 10.5 Å². The number of carbonyl (C=O) groups is 1. The Kier molecular flexibility index (Phi) is 2.34. The second-order valence-corrected chi connectivity index (χ2v) is 4.24. The standard InChI is InChI=1S/C14H13NO2/c15-14(16)11-7-8-17-12-6-5-9-3-1-2-4-10(9)13(11)12/h1-6,12H,7-8H2,(H2,15,16). The highest BCUT2D eigenvalue weighted by atomic mass is 16.5. The molecule has 0 bridgehead atoms. The molecule has 1 aliphatic carbocycles. The van der Waals surface area contributed by atoms with Crippen LogP contribution in [0.5, 0.6) is 0 Å². The van der Waals surface area contributed by atoms with E-state index in [4.69, 9.17) is 10.5 Å². The number of hydrogen-bond acceptors (Lipinski definition) is 2. The van der Waals surface area contributed by atoms with Crippen LogP contribution in [0, 0.1) is 0 Å². The Bertz CT molecular complexity index is 543. The van der Waals surface area contributed by atoms with Crippen molar-refractivity contribution in [2.75, 3.05) is 6.61 Å². The van der Waals surface area contributed by atoms with Crippen LogP contribution >= 0.6 is 0 Å². The average molecular weight is 227 g/mol. The van der Waals surface area contributed by atoms with E-state index in [9.17, 15) is 4.79 Å². The lowest BCUT2D eigenvalue weighted by Crippen LogP contribution is -2.28. The topological polar surface area (TPSA) is 52.3 Å². The summed E-state index contributed by atoms with van der Waals surface area (Å²) >= 11 is 0. The third kappa shape index (κ3) is 1.59. The third-order valence-corrected chi connectivity index (χ3v) is 3.26. The summed E-state index contributed by atoms with van der Waals surface area (Å²) < 4.78 is 5.67. The summed E-state index contributed by atoms with van der Waals surface area (Å²) in [5.74, 6) is -0.335. The van der Waals surface area contributed by atoms with Gasteiger partial charge in [-0.15, -0.1) is 0 Å². The van der Waals surface area contributed by atoms with Crippen LogP contribution in [0.15, 0.2) is 35.9 Å². The first-order chi connectivity index (χ1) is 8.27. The van der Waals surface area contributed by atoms with Crippen molar-refractivity contribution in [3.05, 3.63) is 47.0 Å². The van der Waals surface area contributed by atoms with E-state index in [0.29, 0.717) is 18.6 Å². The van der Waals surface area contributed by atoms with Crippen molar-refractivity contribution in [3.63, 3.8) is 0 Å². The van der Waals surface area contributed by atoms with Gasteiger partial charge in [0.1, 0.15) is 6.10 Å². The lowest BCUT2D eigenvalue weighted by atomic mass is 9.84. The average Bonchev–Trinajstić information content (AvgIpc) is 2.37. The van der Waals surface area contributed by atoms with E-state index in [2.05, 4.69) is 0 Å². The van der Waals surface area contributed by atoms with Gasteiger partial charge in [-0.2, -0.15) is 0 Å². The van der Waals surface area contributed by atoms with E-state index in [1.54, 1.807) is 0 Å². The van der Waals surface area contributed by atoms with Crippen molar-refractivity contribution < 1.29 is 9.53 Å². The minimum atomic E-state index is -0.335. The molecule has 0 saturated carbocycles. The normalized spacial score (nSPS) is 22.0. The summed E-state index contributed by atoms with van der Waals surface area (Å²) in [6.07, 6.45) is 4.50. The molecule has 3 rings (SSSR count). The molecule has 86 valence electrons. The predicted octanol–water partition coefficient (Wildman–Crippen LogP) is 1.74. The first-order valence-corrected chi connectivity index (χ1v) is 5.69. The molecule has 1 unspecified atom stereocenters. The fourth-order valence-corrected chi connectivity index (χ4v) is 2.48. The highest BCUT2D eigenvalue weighted by Gasteiger charge is 2.29. The Morgan fingerprint density at radius 2 is 2.18 bits per heavy atom. The zero-order valence-electron chi connectivity index (χ0n) is 9.35. The molecule has 1 amide bonds. The molecular weight excluding hydrogens is 214 g/mol. The Morgan fingerprint density at radius 1 is 1.35 bits per heavy atom. The zero-order valence-corrected chi connectivity index (χ0v) is 9.35. The summed E-state index contributed by atoms with van der Waals surface area (Å²) in [7, 11) is 0. The van der Waals surface area contributed by atoms with Crippen molar-refractivity contribution in [1.29, 1.82) is 0 Å². The minimum Gasteiger partial charge on any atom is -0.369 e. The predicted molar refractivity (Wildman–Crippen MR) is 65.9 cm³/mol. The number of primary amides is 1. The molecule has 0 fully saturated rings. The van der Waals surface area contributed by atoms with Crippen LogP contribution in [-0.2, 0) is 9.53 Å². The van der Waals surface area contributed by atoms with Gasteiger partial charge in [0, 0.05) is 17.6 Å². The maximum Gasteiger partial charge on any atom is 0.245 e. The van der Waals surface area contributed by atoms with Crippen LogP contribution in [0.3, 0.4) is 0 Å². The molecule has 1 aromatic carbocycles. The van der Waals surface area contributed by atoms with Gasteiger partial charge >= 0.3 is 0 Å². The van der Waals surface area contributed by atoms with Gasteiger partial charge in [0.2, 0.25) is 5.91 Å². The zero-order chi connectivity index (χ0) is 11.8. The van der Waals surface area contributed by atoms with Gasteiger partial charge in [-0.05, 0) is 11.1 Å². The molecule has 0 aromatic heterocycles. The molecular formula is C14H13NO2. The molecule has 3 heteroatoms. The van der Waals surface area contributed by atoms with Crippen molar-refractivity contribution in [1.82, 2.24) is 0 Å². The highest BCUT2D eigenvalue weighted by molar-refractivity contribution is 6.03. The smallest absolute Gasteiger partial charge is 0.245 e. The van der Waals surface area contributed by atoms with Crippen LogP contribution in [0.25, 0.3) is 11.6 Å². The van der Waals surface area contributed by atoms with Gasteiger partial charge in [-0.3, -0.25) is 4.79 Å². The quantitative estimate of drug-likeness (QED) is 0.794. The summed E-state index contributed by atoms with van der Waals surface area (Å²) in [4.78, 5) is 11.5. The van der Waals surface area contributed by atoms with Gasteiger partial charge in [-0.1, -0.05) is 36.4 Å². The van der Waals surface area contributed by atoms with Crippen LogP contribution in [-0.4, -0.2) is 18.6 Å². The van der Waals surface area contributed by atoms with Crippen LogP contribution < -0.4 is 5.73 Å². The number of nitrogens with two attached hydrogens (primary N) is 1. The summed E-state index contributed by atoms with van der Waals surface area (Å²) in [5.41, 5.74) is 9.28. The fourth-order valence-electron chi connectivity index (χ4n) is 2.48. The monoisotopic (exact) mass is 227 g/mol. The molecule has 1 atom stereocenters. The lowest BCUT2D eigenvalue weighted by Gasteiger charge is -2.29. The van der Waals surface area contributed by atoms with Gasteiger partial charge in [-0.25, -0.2) is 0 Å². The number of amides is 1. The van der Waals surface area contributed by atoms with Gasteiger partial charge in [0.25, 0.3) is 0 Å². The summed E-state index contributed by atoms with van der Waals surface area (Å²) in [6, 6.07) is 7.99. The second kappa shape index (κ2) is 3.86. The van der Waals surface area contributed by atoms with E-state index in [0.717, 1.165) is 16.7 Å². The Morgan fingerprint density at radius 3 is 3.00 bits per heavy atom. The number of rotatable bonds is 1. The molecule has 17 heavy (non-hydrogen) atoms. The van der Waals surface area contributed by atoms with Gasteiger partial charge in [0.15, 0.2) is 0 Å². The molecule has 0 spiro atoms. The number of ether oxygens (including phenoxy) is 1. The molecule has 3 nitrogen and oxygen atoms in total. The molecule has 2 N–H and O–H groups in total. The van der Waals surface area contributed by atoms with Gasteiger partial charge in [0.05, 0.1) is 6.61 Å².